The van der Waals surface area contributed by atoms with Gasteiger partial charge in [0.15, 0.2) is 9.75 Å². The molecule has 7 rings (SSSR count). The number of alkyl halides is 8. The molecule has 0 unspecified atom stereocenters. The summed E-state index contributed by atoms with van der Waals surface area (Å²) in [4.78, 5) is 53.2. The second-order valence-corrected chi connectivity index (χ2v) is 14.6. The molecule has 4 amide bonds. The SMILES string of the molecule is C=CCc1cccc([C@H]2C3=CC[C@@H]4C(=O)N(c5cc(C(F)(F)F)cc(C(F)(F)F)c5)C(=O)[C@@H]4[C@@H]3C[C@@]3(Cl)C(=O)N(c4ccc(F)cc4)C(=O)[C@@]23Cl)c1O. The molecule has 3 aromatic rings. The normalized spacial score (nSPS) is 28.5. The molecule has 3 fully saturated rings. The van der Waals surface area contributed by atoms with Gasteiger partial charge in [0, 0.05) is 11.5 Å². The van der Waals surface area contributed by atoms with Gasteiger partial charge in [-0.2, -0.15) is 26.3 Å². The fourth-order valence-electron chi connectivity index (χ4n) is 8.23. The third kappa shape index (κ3) is 5.30. The van der Waals surface area contributed by atoms with Crippen molar-refractivity contribution in [1.82, 2.24) is 0 Å². The molecule has 2 saturated heterocycles. The number of nitrogens with zero attached hydrogens (tertiary/aromatic N) is 2. The highest BCUT2D eigenvalue weighted by atomic mass is 35.5. The van der Waals surface area contributed by atoms with Gasteiger partial charge in [0.25, 0.3) is 11.8 Å². The van der Waals surface area contributed by atoms with E-state index in [0.717, 1.165) is 24.3 Å². The van der Waals surface area contributed by atoms with Gasteiger partial charge in [0.2, 0.25) is 11.8 Å². The van der Waals surface area contributed by atoms with Crippen LogP contribution in [0.4, 0.5) is 42.1 Å². The molecule has 4 aliphatic rings. The maximum atomic E-state index is 14.5. The number of anilines is 2. The van der Waals surface area contributed by atoms with E-state index < -0.39 is 98.5 Å². The van der Waals surface area contributed by atoms with Crippen LogP contribution in [0.5, 0.6) is 5.75 Å². The summed E-state index contributed by atoms with van der Waals surface area (Å²) in [5, 5.41) is 11.6. The predicted octanol–water partition coefficient (Wildman–Crippen LogP) is 8.07. The highest BCUT2D eigenvalue weighted by molar-refractivity contribution is 6.58. The molecular weight excluding hydrogens is 756 g/mol. The van der Waals surface area contributed by atoms with Gasteiger partial charge in [-0.1, -0.05) is 35.9 Å². The molecule has 0 aromatic heterocycles. The van der Waals surface area contributed by atoms with Gasteiger partial charge in [-0.15, -0.1) is 29.8 Å². The number of allylic oxidation sites excluding steroid dienone is 3. The number of imide groups is 2. The Kier molecular flexibility index (Phi) is 8.42. The first-order chi connectivity index (χ1) is 24.8. The molecule has 1 saturated carbocycles. The zero-order chi connectivity index (χ0) is 38.6. The Bertz CT molecular complexity index is 2120. The van der Waals surface area contributed by atoms with E-state index in [9.17, 15) is 55.0 Å². The Hall–Kier alpha value is -4.69. The smallest absolute Gasteiger partial charge is 0.416 e. The predicted molar refractivity (Wildman–Crippen MR) is 178 cm³/mol. The average molecular weight is 782 g/mol. The number of carbonyl (C=O) groups is 4. The van der Waals surface area contributed by atoms with Gasteiger partial charge in [-0.25, -0.2) is 14.2 Å². The topological polar surface area (TPSA) is 95.0 Å². The lowest BCUT2D eigenvalue weighted by Gasteiger charge is -2.50. The number of amides is 4. The molecule has 3 aromatic carbocycles. The fraction of sp³-hybridized carbons (Fsp3) is 0.297. The number of phenolic OH excluding ortho intramolecular Hbond substituents is 1. The second kappa shape index (κ2) is 12.2. The van der Waals surface area contributed by atoms with Gasteiger partial charge < -0.3 is 5.11 Å². The molecular formula is C37H25Cl2F7N2O5. The average Bonchev–Trinajstić information content (AvgIpc) is 3.43. The number of rotatable bonds is 5. The van der Waals surface area contributed by atoms with E-state index in [2.05, 4.69) is 6.58 Å². The van der Waals surface area contributed by atoms with Gasteiger partial charge in [0.05, 0.1) is 34.3 Å². The van der Waals surface area contributed by atoms with E-state index >= 15 is 0 Å². The van der Waals surface area contributed by atoms with Crippen molar-refractivity contribution in [2.24, 2.45) is 17.8 Å². The molecule has 0 bridgehead atoms. The number of benzene rings is 3. The highest BCUT2D eigenvalue weighted by Crippen LogP contribution is 2.66. The third-order valence-electron chi connectivity index (χ3n) is 10.6. The van der Waals surface area contributed by atoms with Crippen LogP contribution in [-0.2, 0) is 38.0 Å². The van der Waals surface area contributed by atoms with Crippen LogP contribution in [0.1, 0.15) is 41.0 Å². The van der Waals surface area contributed by atoms with Crippen LogP contribution < -0.4 is 9.80 Å². The van der Waals surface area contributed by atoms with Crippen LogP contribution in [0.3, 0.4) is 0 Å². The first kappa shape index (κ1) is 36.7. The van der Waals surface area contributed by atoms with E-state index in [4.69, 9.17) is 23.2 Å². The molecule has 0 spiro atoms. The quantitative estimate of drug-likeness (QED) is 0.122. The van der Waals surface area contributed by atoms with E-state index in [1.54, 1.807) is 6.07 Å². The van der Waals surface area contributed by atoms with Gasteiger partial charge in [-0.05, 0) is 73.2 Å². The molecule has 53 heavy (non-hydrogen) atoms. The minimum atomic E-state index is -5.28. The van der Waals surface area contributed by atoms with Crippen molar-refractivity contribution in [3.63, 3.8) is 0 Å². The van der Waals surface area contributed by atoms with Crippen LogP contribution in [0.2, 0.25) is 0 Å². The van der Waals surface area contributed by atoms with Crippen LogP contribution in [0.25, 0.3) is 0 Å². The largest absolute Gasteiger partial charge is 0.507 e. The van der Waals surface area contributed by atoms with E-state index in [-0.39, 0.29) is 58.5 Å². The zero-order valence-electron chi connectivity index (χ0n) is 26.9. The Morgan fingerprint density at radius 2 is 1.45 bits per heavy atom. The summed E-state index contributed by atoms with van der Waals surface area (Å²) < 4.78 is 96.7. The van der Waals surface area contributed by atoms with Crippen LogP contribution in [-0.4, -0.2) is 38.5 Å². The molecule has 16 heteroatoms. The molecule has 2 aliphatic heterocycles. The third-order valence-corrected chi connectivity index (χ3v) is 12.0. The summed E-state index contributed by atoms with van der Waals surface area (Å²) >= 11 is 14.6. The number of hydrogen-bond donors (Lipinski definition) is 1. The molecule has 2 heterocycles. The summed E-state index contributed by atoms with van der Waals surface area (Å²) in [6.45, 7) is 3.68. The molecule has 2 aliphatic carbocycles. The number of hydrogen-bond acceptors (Lipinski definition) is 5. The van der Waals surface area contributed by atoms with Crippen molar-refractivity contribution in [1.29, 1.82) is 0 Å². The Labute approximate surface area is 306 Å². The first-order valence-electron chi connectivity index (χ1n) is 16.1. The van der Waals surface area contributed by atoms with E-state index in [1.807, 2.05) is 0 Å². The van der Waals surface area contributed by atoms with E-state index in [0.29, 0.717) is 10.5 Å². The second-order valence-electron chi connectivity index (χ2n) is 13.4. The Balaban J connectivity index is 1.40. The number of para-hydroxylation sites is 1. The van der Waals surface area contributed by atoms with Crippen LogP contribution >= 0.6 is 23.2 Å². The van der Waals surface area contributed by atoms with Crippen molar-refractivity contribution < 1.29 is 55.0 Å². The molecule has 7 nitrogen and oxygen atoms in total. The number of carbonyl (C=O) groups excluding carboxylic acids is 4. The van der Waals surface area contributed by atoms with Crippen LogP contribution in [0.15, 0.2) is 85.0 Å². The number of halogens is 9. The van der Waals surface area contributed by atoms with Gasteiger partial charge in [0.1, 0.15) is 11.6 Å². The molecule has 0 radical (unpaired) electrons. The number of phenols is 1. The Morgan fingerprint density at radius 1 is 0.830 bits per heavy atom. The van der Waals surface area contributed by atoms with E-state index in [1.165, 1.54) is 24.3 Å². The summed E-state index contributed by atoms with van der Waals surface area (Å²) in [5.41, 5.74) is -3.99. The zero-order valence-corrected chi connectivity index (χ0v) is 28.5. The standard InChI is InChI=1S/C37H25Cl2F7N2O5/c1-2-4-17-5-3-6-25(29(17)49)28-23-11-12-24-27(31(51)47(30(24)50)22-14-18(36(41,42)43)13-19(15-22)37(44,45)46)26(23)16-34(38)32(52)48(33(53)35(28,34)39)21-9-7-20(40)8-10-21/h2-3,5-11,13-15,24,26-28,49H,1,4,12,16H2/t24-,26+,27-,28+,34+,35-/m0/s1. The molecule has 276 valence electrons. The summed E-state index contributed by atoms with van der Waals surface area (Å²) in [6.07, 6.45) is -8.28. The lowest BCUT2D eigenvalue weighted by atomic mass is 9.56. The number of aromatic hydroxyl groups is 1. The number of fused-ring (bicyclic) bond motifs is 4. The summed E-state index contributed by atoms with van der Waals surface area (Å²) in [7, 11) is 0. The van der Waals surface area contributed by atoms with Crippen molar-refractivity contribution in [2.75, 3.05) is 9.80 Å². The fourth-order valence-corrected chi connectivity index (χ4v) is 9.16. The maximum Gasteiger partial charge on any atom is 0.416 e. The van der Waals surface area contributed by atoms with Gasteiger partial charge in [-0.3, -0.25) is 19.2 Å². The maximum absolute atomic E-state index is 14.5. The van der Waals surface area contributed by atoms with Crippen LogP contribution in [0, 0.1) is 23.6 Å². The lowest BCUT2D eigenvalue weighted by Crippen LogP contribution is -2.60. The molecule has 1 N–H and O–H groups in total. The summed E-state index contributed by atoms with van der Waals surface area (Å²) in [5.74, 6) is -10.9. The minimum Gasteiger partial charge on any atom is -0.507 e. The summed E-state index contributed by atoms with van der Waals surface area (Å²) in [6, 6.07) is 9.21. The van der Waals surface area contributed by atoms with Crippen molar-refractivity contribution >= 4 is 58.2 Å². The Morgan fingerprint density at radius 3 is 2.04 bits per heavy atom. The first-order valence-corrected chi connectivity index (χ1v) is 16.8. The van der Waals surface area contributed by atoms with Crippen molar-refractivity contribution in [2.45, 2.75) is 47.3 Å². The highest BCUT2D eigenvalue weighted by Gasteiger charge is 2.77. The van der Waals surface area contributed by atoms with Crippen molar-refractivity contribution in [3.8, 4) is 5.75 Å². The minimum absolute atomic E-state index is 0.0159. The lowest BCUT2D eigenvalue weighted by molar-refractivity contribution is -0.143. The van der Waals surface area contributed by atoms with Gasteiger partial charge >= 0.3 is 12.4 Å². The molecule has 6 atom stereocenters. The van der Waals surface area contributed by atoms with Crippen molar-refractivity contribution in [3.05, 3.63) is 113 Å². The monoisotopic (exact) mass is 780 g/mol.